The van der Waals surface area contributed by atoms with Gasteiger partial charge in [-0.3, -0.25) is 14.4 Å². The van der Waals surface area contributed by atoms with Crippen molar-refractivity contribution >= 4 is 17.7 Å². The molecule has 5 rings (SSSR count). The summed E-state index contributed by atoms with van der Waals surface area (Å²) >= 11 is 0. The lowest BCUT2D eigenvalue weighted by Crippen LogP contribution is -2.45. The normalized spacial score (nSPS) is 29.8. The molecule has 2 bridgehead atoms. The number of methoxy groups -OCH3 is 1. The number of esters is 2. The second-order valence-corrected chi connectivity index (χ2v) is 9.21. The van der Waals surface area contributed by atoms with Gasteiger partial charge < -0.3 is 14.2 Å². The first-order valence-electron chi connectivity index (χ1n) is 11.0. The van der Waals surface area contributed by atoms with Gasteiger partial charge in [0.15, 0.2) is 5.78 Å². The Labute approximate surface area is 186 Å². The number of hydrogen-bond donors (Lipinski definition) is 0. The number of carbonyl (C=O) groups excluding carboxylic acids is 3. The van der Waals surface area contributed by atoms with Crippen LogP contribution in [0.4, 0.5) is 0 Å². The van der Waals surface area contributed by atoms with E-state index in [0.29, 0.717) is 37.0 Å². The maximum Gasteiger partial charge on any atom is 0.313 e. The Balaban J connectivity index is 1.48. The maximum absolute atomic E-state index is 13.7. The fourth-order valence-electron chi connectivity index (χ4n) is 6.26. The molecule has 0 aromatic heterocycles. The predicted octanol–water partition coefficient (Wildman–Crippen LogP) is 4.21. The molecule has 2 fully saturated rings. The molecule has 166 valence electrons. The van der Waals surface area contributed by atoms with E-state index in [4.69, 9.17) is 14.2 Å². The number of rotatable bonds is 5. The van der Waals surface area contributed by atoms with Crippen LogP contribution in [0.25, 0.3) is 0 Å². The van der Waals surface area contributed by atoms with Crippen LogP contribution in [-0.2, 0) is 25.7 Å². The highest BCUT2D eigenvalue weighted by atomic mass is 16.6. The topological polar surface area (TPSA) is 78.9 Å². The standard InChI is InChI=1S/C26H26O6/c1-16(27)32-26-11-10-21-19-9-8-18(30-2)12-20(19)23(28)25(21,15-26)13-22(26)24(29)31-14-17-6-4-3-5-7-17/h3-9,12,21-22H,10-11,13-15H2,1-2H3/t21?,22?,25-,26-/m0/s1. The molecule has 2 saturated carbocycles. The van der Waals surface area contributed by atoms with Crippen molar-refractivity contribution in [3.8, 4) is 5.75 Å². The summed E-state index contributed by atoms with van der Waals surface area (Å²) in [6, 6.07) is 15.1. The van der Waals surface area contributed by atoms with E-state index in [1.165, 1.54) is 6.92 Å². The Bertz CT molecular complexity index is 1090. The zero-order chi connectivity index (χ0) is 22.5. The minimum atomic E-state index is -1.00. The fraction of sp³-hybridized carbons (Fsp3) is 0.423. The molecule has 0 radical (unpaired) electrons. The number of hydrogen-bond acceptors (Lipinski definition) is 6. The van der Waals surface area contributed by atoms with Crippen molar-refractivity contribution < 1.29 is 28.6 Å². The average molecular weight is 434 g/mol. The van der Waals surface area contributed by atoms with Gasteiger partial charge in [-0.15, -0.1) is 0 Å². The third kappa shape index (κ3) is 3.04. The molecule has 0 amide bonds. The van der Waals surface area contributed by atoms with Gasteiger partial charge in [0.05, 0.1) is 13.0 Å². The third-order valence-electron chi connectivity index (χ3n) is 7.53. The van der Waals surface area contributed by atoms with Gasteiger partial charge in [0, 0.05) is 24.3 Å². The zero-order valence-corrected chi connectivity index (χ0v) is 18.3. The summed E-state index contributed by atoms with van der Waals surface area (Å²) in [6.45, 7) is 1.50. The Kier molecular flexibility index (Phi) is 4.84. The molecule has 3 aliphatic carbocycles. The Morgan fingerprint density at radius 3 is 2.62 bits per heavy atom. The van der Waals surface area contributed by atoms with Gasteiger partial charge in [-0.1, -0.05) is 36.4 Å². The Morgan fingerprint density at radius 2 is 1.91 bits per heavy atom. The first kappa shape index (κ1) is 20.7. The second kappa shape index (κ2) is 7.47. The van der Waals surface area contributed by atoms with Crippen molar-refractivity contribution in [1.29, 1.82) is 0 Å². The van der Waals surface area contributed by atoms with E-state index in [0.717, 1.165) is 11.1 Å². The first-order valence-corrected chi connectivity index (χ1v) is 11.0. The summed E-state index contributed by atoms with van der Waals surface area (Å²) in [5, 5.41) is 0. The van der Waals surface area contributed by atoms with Crippen molar-refractivity contribution in [2.45, 2.75) is 50.7 Å². The summed E-state index contributed by atoms with van der Waals surface area (Å²) in [7, 11) is 1.58. The molecule has 0 N–H and O–H groups in total. The molecule has 2 aromatic rings. The van der Waals surface area contributed by atoms with Crippen LogP contribution in [0.15, 0.2) is 48.5 Å². The van der Waals surface area contributed by atoms with Crippen LogP contribution in [0.5, 0.6) is 5.75 Å². The zero-order valence-electron chi connectivity index (χ0n) is 18.3. The minimum Gasteiger partial charge on any atom is -0.497 e. The molecule has 0 heterocycles. The van der Waals surface area contributed by atoms with Crippen LogP contribution in [-0.4, -0.2) is 30.4 Å². The molecule has 0 saturated heterocycles. The highest BCUT2D eigenvalue weighted by Crippen LogP contribution is 2.68. The van der Waals surface area contributed by atoms with Crippen LogP contribution in [0.2, 0.25) is 0 Å². The Morgan fingerprint density at radius 1 is 1.12 bits per heavy atom. The summed E-state index contributed by atoms with van der Waals surface area (Å²) in [5.74, 6) is -0.854. The summed E-state index contributed by atoms with van der Waals surface area (Å²) in [4.78, 5) is 39.0. The lowest BCUT2D eigenvalue weighted by molar-refractivity contribution is -0.174. The predicted molar refractivity (Wildman–Crippen MR) is 115 cm³/mol. The number of ketones is 1. The monoisotopic (exact) mass is 434 g/mol. The quantitative estimate of drug-likeness (QED) is 0.656. The van der Waals surface area contributed by atoms with Gasteiger partial charge in [0.2, 0.25) is 0 Å². The molecule has 3 aliphatic rings. The molecule has 2 unspecified atom stereocenters. The van der Waals surface area contributed by atoms with Crippen molar-refractivity contribution in [3.63, 3.8) is 0 Å². The fourth-order valence-corrected chi connectivity index (χ4v) is 6.26. The van der Waals surface area contributed by atoms with E-state index >= 15 is 0 Å². The van der Waals surface area contributed by atoms with Crippen LogP contribution in [0, 0.1) is 11.3 Å². The lowest BCUT2D eigenvalue weighted by Gasteiger charge is -2.41. The molecule has 32 heavy (non-hydrogen) atoms. The SMILES string of the molecule is COc1ccc2c(c1)C(=O)[C@]13CC(C(=O)OCc4ccccc4)[C@](OC(C)=O)(CCC21)C3. The highest BCUT2D eigenvalue weighted by Gasteiger charge is 2.70. The average Bonchev–Trinajstić information content (AvgIpc) is 3.19. The van der Waals surface area contributed by atoms with Crippen LogP contribution in [0.3, 0.4) is 0 Å². The molecule has 4 atom stereocenters. The van der Waals surface area contributed by atoms with Gasteiger partial charge in [0.25, 0.3) is 0 Å². The van der Waals surface area contributed by atoms with E-state index in [1.807, 2.05) is 42.5 Å². The van der Waals surface area contributed by atoms with Crippen LogP contribution < -0.4 is 4.74 Å². The van der Waals surface area contributed by atoms with Crippen LogP contribution >= 0.6 is 0 Å². The second-order valence-electron chi connectivity index (χ2n) is 9.21. The van der Waals surface area contributed by atoms with Crippen molar-refractivity contribution in [3.05, 3.63) is 65.2 Å². The smallest absolute Gasteiger partial charge is 0.313 e. The molecule has 6 heteroatoms. The van der Waals surface area contributed by atoms with Crippen molar-refractivity contribution in [2.24, 2.45) is 11.3 Å². The summed E-state index contributed by atoms with van der Waals surface area (Å²) in [6.07, 6.45) is 1.89. The van der Waals surface area contributed by atoms with E-state index in [9.17, 15) is 14.4 Å². The van der Waals surface area contributed by atoms with E-state index < -0.39 is 28.9 Å². The highest BCUT2D eigenvalue weighted by molar-refractivity contribution is 6.07. The number of benzene rings is 2. The van der Waals surface area contributed by atoms with Gasteiger partial charge in [-0.2, -0.15) is 0 Å². The lowest BCUT2D eigenvalue weighted by atomic mass is 9.66. The van der Waals surface area contributed by atoms with Gasteiger partial charge in [0.1, 0.15) is 18.0 Å². The minimum absolute atomic E-state index is 0.00603. The van der Waals surface area contributed by atoms with E-state index in [1.54, 1.807) is 13.2 Å². The number of ether oxygens (including phenoxy) is 3. The van der Waals surface area contributed by atoms with Crippen LogP contribution in [0.1, 0.15) is 60.0 Å². The molecule has 1 spiro atoms. The van der Waals surface area contributed by atoms with Gasteiger partial charge in [-0.25, -0.2) is 0 Å². The summed E-state index contributed by atoms with van der Waals surface area (Å²) < 4.78 is 16.8. The summed E-state index contributed by atoms with van der Waals surface area (Å²) in [5.41, 5.74) is 0.795. The molecule has 2 aromatic carbocycles. The molecule has 0 aliphatic heterocycles. The van der Waals surface area contributed by atoms with E-state index in [2.05, 4.69) is 0 Å². The van der Waals surface area contributed by atoms with E-state index in [-0.39, 0.29) is 18.3 Å². The maximum atomic E-state index is 13.7. The third-order valence-corrected chi connectivity index (χ3v) is 7.53. The molecule has 6 nitrogen and oxygen atoms in total. The van der Waals surface area contributed by atoms with Crippen molar-refractivity contribution in [2.75, 3.05) is 7.11 Å². The van der Waals surface area contributed by atoms with Gasteiger partial charge in [-0.05, 0) is 48.4 Å². The Hall–Kier alpha value is -3.15. The molecular formula is C26H26O6. The van der Waals surface area contributed by atoms with Gasteiger partial charge >= 0.3 is 11.9 Å². The molecular weight excluding hydrogens is 408 g/mol. The number of Topliss-reactive ketones (excluding diaryl/α,β-unsaturated/α-hetero) is 1. The van der Waals surface area contributed by atoms with Crippen molar-refractivity contribution in [1.82, 2.24) is 0 Å². The largest absolute Gasteiger partial charge is 0.497 e. The number of carbonyl (C=O) groups is 3. The first-order chi connectivity index (χ1) is 15.4. The number of fused-ring (bicyclic) bond motifs is 3.